The van der Waals surface area contributed by atoms with E-state index in [0.717, 1.165) is 38.0 Å². The third-order valence-electron chi connectivity index (χ3n) is 4.55. The lowest BCUT2D eigenvalue weighted by molar-refractivity contribution is -0.0512. The van der Waals surface area contributed by atoms with Gasteiger partial charge in [-0.2, -0.15) is 8.78 Å². The Morgan fingerprint density at radius 2 is 1.82 bits per heavy atom. The van der Waals surface area contributed by atoms with Crippen LogP contribution in [0.25, 0.3) is 0 Å². The molecule has 1 aliphatic heterocycles. The molecule has 5 nitrogen and oxygen atoms in total. The second-order valence-corrected chi connectivity index (χ2v) is 6.41. The SMILES string of the molecule is COc1cc(C(=O)Nc2cc(F)ccc2N2CCCCC2)ccc1OC(F)F. The summed E-state index contributed by atoms with van der Waals surface area (Å²) in [5, 5.41) is 2.71. The average molecular weight is 394 g/mol. The van der Waals surface area contributed by atoms with E-state index >= 15 is 0 Å². The third-order valence-corrected chi connectivity index (χ3v) is 4.55. The van der Waals surface area contributed by atoms with E-state index in [0.29, 0.717) is 5.69 Å². The second kappa shape index (κ2) is 8.86. The van der Waals surface area contributed by atoms with E-state index in [-0.39, 0.29) is 17.1 Å². The van der Waals surface area contributed by atoms with Gasteiger partial charge < -0.3 is 19.7 Å². The number of amides is 1. The number of hydrogen-bond acceptors (Lipinski definition) is 4. The standard InChI is InChI=1S/C20H21F3N2O3/c1-27-18-11-13(5-8-17(18)28-20(22)23)19(26)24-15-12-14(21)6-7-16(15)25-9-3-2-4-10-25/h5-8,11-12,20H,2-4,9-10H2,1H3,(H,24,26). The van der Waals surface area contributed by atoms with E-state index in [1.807, 2.05) is 0 Å². The number of anilines is 2. The van der Waals surface area contributed by atoms with Crippen molar-refractivity contribution in [2.45, 2.75) is 25.9 Å². The number of benzene rings is 2. The number of carbonyl (C=O) groups is 1. The molecule has 0 unspecified atom stereocenters. The summed E-state index contributed by atoms with van der Waals surface area (Å²) in [5.74, 6) is -1.14. The van der Waals surface area contributed by atoms with Crippen LogP contribution in [0, 0.1) is 5.82 Å². The monoisotopic (exact) mass is 394 g/mol. The van der Waals surface area contributed by atoms with Crippen LogP contribution in [0.1, 0.15) is 29.6 Å². The van der Waals surface area contributed by atoms with Gasteiger partial charge in [0.2, 0.25) is 0 Å². The van der Waals surface area contributed by atoms with E-state index in [1.165, 1.54) is 37.4 Å². The average Bonchev–Trinajstić information content (AvgIpc) is 2.68. The molecule has 1 amide bonds. The summed E-state index contributed by atoms with van der Waals surface area (Å²) in [7, 11) is 1.29. The van der Waals surface area contributed by atoms with Gasteiger partial charge in [0.15, 0.2) is 11.5 Å². The minimum Gasteiger partial charge on any atom is -0.493 e. The molecule has 1 heterocycles. The number of piperidine rings is 1. The van der Waals surface area contributed by atoms with Crippen molar-refractivity contribution >= 4 is 17.3 Å². The maximum atomic E-state index is 13.8. The first-order chi connectivity index (χ1) is 13.5. The largest absolute Gasteiger partial charge is 0.493 e. The van der Waals surface area contributed by atoms with Gasteiger partial charge >= 0.3 is 6.61 Å². The predicted octanol–water partition coefficient (Wildman–Crippen LogP) is 4.68. The van der Waals surface area contributed by atoms with Gasteiger partial charge in [0, 0.05) is 18.7 Å². The smallest absolute Gasteiger partial charge is 0.387 e. The summed E-state index contributed by atoms with van der Waals surface area (Å²) < 4.78 is 48.0. The molecule has 1 fully saturated rings. The molecule has 0 atom stereocenters. The Hall–Kier alpha value is -2.90. The van der Waals surface area contributed by atoms with Crippen molar-refractivity contribution < 1.29 is 27.4 Å². The summed E-state index contributed by atoms with van der Waals surface area (Å²) in [4.78, 5) is 14.8. The molecule has 28 heavy (non-hydrogen) atoms. The van der Waals surface area contributed by atoms with Gasteiger partial charge in [-0.3, -0.25) is 4.79 Å². The molecule has 0 radical (unpaired) electrons. The molecule has 8 heteroatoms. The third kappa shape index (κ3) is 4.68. The Balaban J connectivity index is 1.83. The van der Waals surface area contributed by atoms with Crippen LogP contribution in [0.3, 0.4) is 0 Å². The summed E-state index contributed by atoms with van der Waals surface area (Å²) in [6.45, 7) is -1.34. The van der Waals surface area contributed by atoms with Gasteiger partial charge in [0.05, 0.1) is 18.5 Å². The Labute approximate surface area is 161 Å². The van der Waals surface area contributed by atoms with Gasteiger partial charge in [-0.15, -0.1) is 0 Å². The number of alkyl halides is 2. The highest BCUT2D eigenvalue weighted by atomic mass is 19.3. The fourth-order valence-electron chi connectivity index (χ4n) is 3.22. The lowest BCUT2D eigenvalue weighted by atomic mass is 10.1. The zero-order valence-corrected chi connectivity index (χ0v) is 15.4. The minimum atomic E-state index is -3.01. The molecule has 1 aliphatic rings. The van der Waals surface area contributed by atoms with Crippen molar-refractivity contribution in [2.24, 2.45) is 0 Å². The number of hydrogen-bond donors (Lipinski definition) is 1. The summed E-state index contributed by atoms with van der Waals surface area (Å²) in [5.41, 5.74) is 1.28. The van der Waals surface area contributed by atoms with Crippen LogP contribution in [0.15, 0.2) is 36.4 Å². The van der Waals surface area contributed by atoms with E-state index in [1.54, 1.807) is 6.07 Å². The van der Waals surface area contributed by atoms with Gasteiger partial charge in [0.25, 0.3) is 5.91 Å². The lowest BCUT2D eigenvalue weighted by Crippen LogP contribution is -2.30. The van der Waals surface area contributed by atoms with Crippen LogP contribution in [0.2, 0.25) is 0 Å². The zero-order valence-electron chi connectivity index (χ0n) is 15.4. The van der Waals surface area contributed by atoms with E-state index in [9.17, 15) is 18.0 Å². The first kappa shape index (κ1) is 19.9. The quantitative estimate of drug-likeness (QED) is 0.773. The maximum absolute atomic E-state index is 13.8. The maximum Gasteiger partial charge on any atom is 0.387 e. The van der Waals surface area contributed by atoms with Crippen LogP contribution in [-0.4, -0.2) is 32.7 Å². The van der Waals surface area contributed by atoms with Crippen molar-refractivity contribution in [1.82, 2.24) is 0 Å². The highest BCUT2D eigenvalue weighted by molar-refractivity contribution is 6.06. The first-order valence-electron chi connectivity index (χ1n) is 8.96. The number of ether oxygens (including phenoxy) is 2. The summed E-state index contributed by atoms with van der Waals surface area (Å²) in [6, 6.07) is 8.16. The second-order valence-electron chi connectivity index (χ2n) is 6.41. The van der Waals surface area contributed by atoms with Crippen molar-refractivity contribution in [3.8, 4) is 11.5 Å². The first-order valence-corrected chi connectivity index (χ1v) is 8.96. The van der Waals surface area contributed by atoms with Crippen LogP contribution in [-0.2, 0) is 0 Å². The minimum absolute atomic E-state index is 0.00319. The summed E-state index contributed by atoms with van der Waals surface area (Å²) >= 11 is 0. The Kier molecular flexibility index (Phi) is 6.28. The molecule has 0 aromatic heterocycles. The fraction of sp³-hybridized carbons (Fsp3) is 0.350. The number of methoxy groups -OCH3 is 1. The van der Waals surface area contributed by atoms with Gasteiger partial charge in [-0.1, -0.05) is 0 Å². The van der Waals surface area contributed by atoms with Gasteiger partial charge in [0.1, 0.15) is 5.82 Å². The predicted molar refractivity (Wildman–Crippen MR) is 100 cm³/mol. The highest BCUT2D eigenvalue weighted by Gasteiger charge is 2.19. The fourth-order valence-corrected chi connectivity index (χ4v) is 3.22. The number of carbonyl (C=O) groups excluding carboxylic acids is 1. The number of nitrogens with zero attached hydrogens (tertiary/aromatic N) is 1. The van der Waals surface area contributed by atoms with Crippen LogP contribution >= 0.6 is 0 Å². The topological polar surface area (TPSA) is 50.8 Å². The molecule has 2 aromatic carbocycles. The van der Waals surface area contributed by atoms with Crippen molar-refractivity contribution in [1.29, 1.82) is 0 Å². The molecule has 3 rings (SSSR count). The van der Waals surface area contributed by atoms with Crippen LogP contribution < -0.4 is 19.7 Å². The molecule has 2 aromatic rings. The number of halogens is 3. The van der Waals surface area contributed by atoms with E-state index in [4.69, 9.17) is 4.74 Å². The van der Waals surface area contributed by atoms with Crippen molar-refractivity contribution in [3.05, 3.63) is 47.8 Å². The van der Waals surface area contributed by atoms with Crippen LogP contribution in [0.5, 0.6) is 11.5 Å². The van der Waals surface area contributed by atoms with Gasteiger partial charge in [-0.25, -0.2) is 4.39 Å². The zero-order chi connectivity index (χ0) is 20.1. The van der Waals surface area contributed by atoms with Gasteiger partial charge in [-0.05, 0) is 55.7 Å². The molecule has 1 saturated heterocycles. The van der Waals surface area contributed by atoms with Crippen molar-refractivity contribution in [2.75, 3.05) is 30.4 Å². The molecule has 150 valence electrons. The number of nitrogens with one attached hydrogen (secondary N) is 1. The summed E-state index contributed by atoms with van der Waals surface area (Å²) in [6.07, 6.45) is 3.22. The normalized spacial score (nSPS) is 14.1. The molecule has 1 N–H and O–H groups in total. The lowest BCUT2D eigenvalue weighted by Gasteiger charge is -2.30. The number of rotatable bonds is 6. The van der Waals surface area contributed by atoms with Crippen LogP contribution in [0.4, 0.5) is 24.5 Å². The molecular formula is C20H21F3N2O3. The van der Waals surface area contributed by atoms with E-state index in [2.05, 4.69) is 15.0 Å². The molecule has 0 spiro atoms. The van der Waals surface area contributed by atoms with Crippen molar-refractivity contribution in [3.63, 3.8) is 0 Å². The molecule has 0 bridgehead atoms. The van der Waals surface area contributed by atoms with E-state index < -0.39 is 18.3 Å². The molecule has 0 aliphatic carbocycles. The molecule has 0 saturated carbocycles. The Morgan fingerprint density at radius 1 is 1.07 bits per heavy atom. The Bertz CT molecular complexity index is 839. The highest BCUT2D eigenvalue weighted by Crippen LogP contribution is 2.32. The molecular weight excluding hydrogens is 373 g/mol. The Morgan fingerprint density at radius 3 is 2.50 bits per heavy atom.